The van der Waals surface area contributed by atoms with Crippen molar-refractivity contribution in [3.8, 4) is 11.4 Å². The van der Waals surface area contributed by atoms with Gasteiger partial charge in [-0.2, -0.15) is 9.52 Å². The van der Waals surface area contributed by atoms with E-state index < -0.39 is 30.9 Å². The van der Waals surface area contributed by atoms with Crippen LogP contribution in [0.2, 0.25) is 5.02 Å². The van der Waals surface area contributed by atoms with Crippen molar-refractivity contribution in [2.45, 2.75) is 16.6 Å². The minimum Gasteiger partial charge on any atom is -0.228 e. The molecule has 4 rings (SSSR count). The van der Waals surface area contributed by atoms with Crippen LogP contribution in [0.25, 0.3) is 11.4 Å². The van der Waals surface area contributed by atoms with Gasteiger partial charge in [0.25, 0.3) is 0 Å². The molecule has 31 heavy (non-hydrogen) atoms. The highest BCUT2D eigenvalue weighted by Crippen LogP contribution is 2.35. The largest absolute Gasteiger partial charge is 0.243 e. The van der Waals surface area contributed by atoms with Crippen LogP contribution in [0.15, 0.2) is 47.4 Å². The molecule has 1 N–H and O–H groups in total. The maximum absolute atomic E-state index is 14.2. The predicted octanol–water partition coefficient (Wildman–Crippen LogP) is 2.21. The van der Waals surface area contributed by atoms with Crippen LogP contribution < -0.4 is 0 Å². The highest BCUT2D eigenvalue weighted by Gasteiger charge is 2.36. The van der Waals surface area contributed by atoms with Gasteiger partial charge >= 0.3 is 0 Å². The first kappa shape index (κ1) is 21.8. The molecule has 1 atom stereocenters. The zero-order chi connectivity index (χ0) is 22.2. The predicted molar refractivity (Wildman–Crippen MR) is 111 cm³/mol. The van der Waals surface area contributed by atoms with Gasteiger partial charge in [-0.1, -0.05) is 29.8 Å². The summed E-state index contributed by atoms with van der Waals surface area (Å²) < 4.78 is 67.4. The highest BCUT2D eigenvalue weighted by atomic mass is 35.5. The number of halogens is 2. The normalized spacial score (nSPS) is 19.7. The summed E-state index contributed by atoms with van der Waals surface area (Å²) >= 11 is 6.19. The Morgan fingerprint density at radius 2 is 1.94 bits per heavy atom. The lowest BCUT2D eigenvalue weighted by Gasteiger charge is -2.20. The lowest BCUT2D eigenvalue weighted by molar-refractivity contribution is 0.428. The number of nitrogens with zero attached hydrogens (tertiary/aromatic N) is 4. The van der Waals surface area contributed by atoms with Gasteiger partial charge in [-0.05, 0) is 41.5 Å². The zero-order valence-electron chi connectivity index (χ0n) is 15.9. The first-order chi connectivity index (χ1) is 14.7. The van der Waals surface area contributed by atoms with Gasteiger partial charge in [0.1, 0.15) is 5.82 Å². The molecule has 0 saturated carbocycles. The van der Waals surface area contributed by atoms with E-state index in [4.69, 9.17) is 11.6 Å². The lowest BCUT2D eigenvalue weighted by atomic mass is 10.1. The Kier molecular flexibility index (Phi) is 5.81. The molecule has 3 aromatic rings. The van der Waals surface area contributed by atoms with E-state index in [0.717, 1.165) is 22.5 Å². The van der Waals surface area contributed by atoms with Crippen LogP contribution in [0.4, 0.5) is 4.39 Å². The van der Waals surface area contributed by atoms with E-state index in [1.165, 1.54) is 0 Å². The summed E-state index contributed by atoms with van der Waals surface area (Å²) in [5.41, 5.74) is 0.316. The number of sulfone groups is 1. The Morgan fingerprint density at radius 1 is 1.16 bits per heavy atom. The van der Waals surface area contributed by atoms with E-state index >= 15 is 0 Å². The molecular formula is C18H17ClFN5O4S2. The van der Waals surface area contributed by atoms with Crippen molar-refractivity contribution in [1.82, 2.24) is 24.9 Å². The fourth-order valence-electron chi connectivity index (χ4n) is 3.51. The minimum absolute atomic E-state index is 0.0353. The average Bonchev–Trinajstić information content (AvgIpc) is 3.20. The summed E-state index contributed by atoms with van der Waals surface area (Å²) in [5, 5.41) is 12.3. The molecule has 1 aliphatic rings. The SMILES string of the molecule is O=S1(=O)CCN(S(=O)(=O)c2ccc(F)c(-c3nn[nH]n3)c2)CCC1c1ccccc1Cl. The molecule has 1 fully saturated rings. The first-order valence-corrected chi connectivity index (χ1v) is 12.7. The Hall–Kier alpha value is -2.41. The molecular weight excluding hydrogens is 469 g/mol. The van der Waals surface area contributed by atoms with Crippen LogP contribution in [0.1, 0.15) is 17.2 Å². The number of tetrazole rings is 1. The molecule has 2 aromatic carbocycles. The van der Waals surface area contributed by atoms with Crippen molar-refractivity contribution in [3.63, 3.8) is 0 Å². The number of benzene rings is 2. The van der Waals surface area contributed by atoms with Gasteiger partial charge in [-0.15, -0.1) is 10.2 Å². The molecule has 0 spiro atoms. The van der Waals surface area contributed by atoms with Gasteiger partial charge in [0.2, 0.25) is 15.8 Å². The molecule has 13 heteroatoms. The van der Waals surface area contributed by atoms with Crippen LogP contribution in [-0.4, -0.2) is 60.6 Å². The van der Waals surface area contributed by atoms with Crippen LogP contribution in [0, 0.1) is 5.82 Å². The van der Waals surface area contributed by atoms with Gasteiger partial charge in [0.05, 0.1) is 21.5 Å². The first-order valence-electron chi connectivity index (χ1n) is 9.19. The Bertz CT molecular complexity index is 1320. The fourth-order valence-corrected chi connectivity index (χ4v) is 7.26. The van der Waals surface area contributed by atoms with E-state index in [1.807, 2.05) is 0 Å². The van der Waals surface area contributed by atoms with Crippen molar-refractivity contribution < 1.29 is 21.2 Å². The monoisotopic (exact) mass is 485 g/mol. The lowest BCUT2D eigenvalue weighted by Crippen LogP contribution is -2.33. The smallest absolute Gasteiger partial charge is 0.228 e. The summed E-state index contributed by atoms with van der Waals surface area (Å²) in [6.07, 6.45) is 0.0458. The number of rotatable bonds is 4. The van der Waals surface area contributed by atoms with Crippen molar-refractivity contribution >= 4 is 31.5 Å². The van der Waals surface area contributed by atoms with E-state index in [9.17, 15) is 21.2 Å². The maximum atomic E-state index is 14.2. The standard InChI is InChI=1S/C18H17ClFN5O4S2/c19-15-4-2-1-3-13(15)17-7-8-25(9-10-30(17,26)27)31(28,29)12-5-6-16(20)14(11-12)18-21-23-24-22-18/h1-6,11,17H,7-10H2,(H,21,22,23,24). The molecule has 9 nitrogen and oxygen atoms in total. The second-order valence-electron chi connectivity index (χ2n) is 6.95. The molecule has 1 unspecified atom stereocenters. The Morgan fingerprint density at radius 3 is 2.65 bits per heavy atom. The number of sulfonamides is 1. The highest BCUT2D eigenvalue weighted by molar-refractivity contribution is 7.92. The molecule has 1 aliphatic heterocycles. The maximum Gasteiger partial charge on any atom is 0.243 e. The van der Waals surface area contributed by atoms with Gasteiger partial charge < -0.3 is 0 Å². The molecule has 0 amide bonds. The quantitative estimate of drug-likeness (QED) is 0.600. The fraction of sp³-hybridized carbons (Fsp3) is 0.278. The van der Waals surface area contributed by atoms with Crippen molar-refractivity contribution in [2.24, 2.45) is 0 Å². The number of aromatic nitrogens is 4. The molecule has 2 heterocycles. The van der Waals surface area contributed by atoms with Gasteiger partial charge in [-0.25, -0.2) is 21.2 Å². The van der Waals surface area contributed by atoms with Crippen molar-refractivity contribution in [1.29, 1.82) is 0 Å². The third kappa shape index (κ3) is 4.20. The van der Waals surface area contributed by atoms with Crippen LogP contribution >= 0.6 is 11.6 Å². The summed E-state index contributed by atoms with van der Waals surface area (Å²) in [4.78, 5) is -0.192. The van der Waals surface area contributed by atoms with Gasteiger partial charge in [0, 0.05) is 18.1 Å². The summed E-state index contributed by atoms with van der Waals surface area (Å²) in [7, 11) is -7.74. The number of H-pyrrole nitrogens is 1. The number of hydrogen-bond donors (Lipinski definition) is 1. The van der Waals surface area contributed by atoms with Gasteiger partial charge in [-0.3, -0.25) is 0 Å². The molecule has 1 aromatic heterocycles. The second-order valence-corrected chi connectivity index (χ2v) is 11.6. The molecule has 0 aliphatic carbocycles. The minimum atomic E-state index is -4.10. The number of nitrogens with one attached hydrogen (secondary N) is 1. The molecule has 0 bridgehead atoms. The van der Waals surface area contributed by atoms with Gasteiger partial charge in [0.15, 0.2) is 9.84 Å². The average molecular weight is 486 g/mol. The third-order valence-corrected chi connectivity index (χ3v) is 9.46. The summed E-state index contributed by atoms with van der Waals surface area (Å²) in [6.45, 7) is -0.257. The third-order valence-electron chi connectivity index (χ3n) is 5.11. The zero-order valence-corrected chi connectivity index (χ0v) is 18.3. The molecule has 0 radical (unpaired) electrons. The topological polar surface area (TPSA) is 126 Å². The Labute approximate surface area is 183 Å². The van der Waals surface area contributed by atoms with Crippen molar-refractivity contribution in [3.05, 3.63) is 58.9 Å². The number of aromatic amines is 1. The second kappa shape index (κ2) is 8.26. The molecule has 164 valence electrons. The van der Waals surface area contributed by atoms with E-state index in [-0.39, 0.29) is 41.5 Å². The number of hydrogen-bond acceptors (Lipinski definition) is 7. The summed E-state index contributed by atoms with van der Waals surface area (Å²) in [6, 6.07) is 9.85. The van der Waals surface area contributed by atoms with E-state index in [0.29, 0.717) is 10.6 Å². The van der Waals surface area contributed by atoms with Crippen LogP contribution in [0.5, 0.6) is 0 Å². The summed E-state index contributed by atoms with van der Waals surface area (Å²) in [5.74, 6) is -1.16. The van der Waals surface area contributed by atoms with Crippen molar-refractivity contribution in [2.75, 3.05) is 18.8 Å². The van der Waals surface area contributed by atoms with E-state index in [2.05, 4.69) is 20.6 Å². The van der Waals surface area contributed by atoms with Crippen LogP contribution in [-0.2, 0) is 19.9 Å². The molecule has 1 saturated heterocycles. The Balaban J connectivity index is 1.66. The van der Waals surface area contributed by atoms with E-state index in [1.54, 1.807) is 24.3 Å². The van der Waals surface area contributed by atoms with Crippen LogP contribution in [0.3, 0.4) is 0 Å².